The number of furan rings is 1. The van der Waals surface area contributed by atoms with E-state index in [1.807, 2.05) is 6.92 Å². The van der Waals surface area contributed by atoms with Gasteiger partial charge < -0.3 is 4.42 Å². The molecular formula is C18H14BrN3O5S. The molecule has 0 spiro atoms. The van der Waals surface area contributed by atoms with E-state index in [1.165, 1.54) is 30.5 Å². The summed E-state index contributed by atoms with van der Waals surface area (Å²) in [5, 5.41) is 14.5. The van der Waals surface area contributed by atoms with E-state index in [0.29, 0.717) is 21.6 Å². The van der Waals surface area contributed by atoms with Crippen LogP contribution in [0.2, 0.25) is 0 Å². The Morgan fingerprint density at radius 2 is 1.86 bits per heavy atom. The number of sulfonamides is 1. The minimum absolute atomic E-state index is 0.0468. The number of nitrogens with zero attached hydrogens (tertiary/aromatic N) is 2. The zero-order valence-corrected chi connectivity index (χ0v) is 16.9. The lowest BCUT2D eigenvalue weighted by molar-refractivity contribution is -0.384. The van der Waals surface area contributed by atoms with Crippen LogP contribution in [0.3, 0.4) is 0 Å². The minimum atomic E-state index is -3.77. The highest BCUT2D eigenvalue weighted by Crippen LogP contribution is 2.32. The lowest BCUT2D eigenvalue weighted by Crippen LogP contribution is -2.18. The Balaban J connectivity index is 1.74. The molecule has 0 fully saturated rings. The second-order valence-electron chi connectivity index (χ2n) is 5.79. The van der Waals surface area contributed by atoms with E-state index >= 15 is 0 Å². The molecule has 1 heterocycles. The van der Waals surface area contributed by atoms with Crippen LogP contribution in [0.25, 0.3) is 11.3 Å². The first-order valence-electron chi connectivity index (χ1n) is 7.92. The van der Waals surface area contributed by atoms with E-state index in [9.17, 15) is 18.5 Å². The van der Waals surface area contributed by atoms with Gasteiger partial charge in [-0.05, 0) is 53.2 Å². The van der Waals surface area contributed by atoms with Gasteiger partial charge in [0.15, 0.2) is 0 Å². The molecule has 1 N–H and O–H groups in total. The number of hydrogen-bond donors (Lipinski definition) is 1. The van der Waals surface area contributed by atoms with Crippen molar-refractivity contribution in [3.8, 4) is 11.3 Å². The van der Waals surface area contributed by atoms with Gasteiger partial charge >= 0.3 is 0 Å². The maximum absolute atomic E-state index is 12.2. The van der Waals surface area contributed by atoms with Crippen LogP contribution in [0.5, 0.6) is 0 Å². The zero-order chi connectivity index (χ0) is 20.3. The summed E-state index contributed by atoms with van der Waals surface area (Å²) in [4.78, 5) is 12.5. The second-order valence-corrected chi connectivity index (χ2v) is 8.30. The molecule has 0 aliphatic carbocycles. The summed E-state index contributed by atoms with van der Waals surface area (Å²) in [6.07, 6.45) is 1.23. The lowest BCUT2D eigenvalue weighted by atomic mass is 10.1. The Bertz CT molecular complexity index is 1150. The average Bonchev–Trinajstić information content (AvgIpc) is 3.10. The fraction of sp³-hybridized carbons (Fsp3) is 0.0556. The summed E-state index contributed by atoms with van der Waals surface area (Å²) in [5.74, 6) is 0.761. The SMILES string of the molecule is Cc1ccc(S(=O)(=O)N/N=C\c2ccc(-c3ccc([N+](=O)[O-])cc3Br)o2)cc1. The first-order chi connectivity index (χ1) is 13.3. The van der Waals surface area contributed by atoms with E-state index in [4.69, 9.17) is 4.42 Å². The summed E-state index contributed by atoms with van der Waals surface area (Å²) >= 11 is 3.28. The largest absolute Gasteiger partial charge is 0.455 e. The molecule has 0 atom stereocenters. The van der Waals surface area contributed by atoms with Gasteiger partial charge in [-0.1, -0.05) is 17.7 Å². The summed E-state index contributed by atoms with van der Waals surface area (Å²) in [5.41, 5.74) is 1.52. The van der Waals surface area contributed by atoms with Crippen molar-refractivity contribution in [3.63, 3.8) is 0 Å². The lowest BCUT2D eigenvalue weighted by Gasteiger charge is -2.03. The molecule has 0 unspecified atom stereocenters. The van der Waals surface area contributed by atoms with Gasteiger partial charge in [-0.2, -0.15) is 18.4 Å². The second kappa shape index (κ2) is 7.95. The third-order valence-corrected chi connectivity index (χ3v) is 5.65. The van der Waals surface area contributed by atoms with Crippen LogP contribution in [0, 0.1) is 17.0 Å². The number of non-ortho nitro benzene ring substituents is 1. The van der Waals surface area contributed by atoms with Crippen molar-refractivity contribution in [3.05, 3.63) is 80.5 Å². The van der Waals surface area contributed by atoms with Crippen LogP contribution < -0.4 is 4.83 Å². The molecule has 0 bridgehead atoms. The maximum Gasteiger partial charge on any atom is 0.276 e. The van der Waals surface area contributed by atoms with Crippen LogP contribution >= 0.6 is 15.9 Å². The number of aryl methyl sites for hydroxylation is 1. The molecule has 10 heteroatoms. The molecule has 1 aromatic heterocycles. The Hall–Kier alpha value is -2.98. The highest BCUT2D eigenvalue weighted by molar-refractivity contribution is 9.10. The van der Waals surface area contributed by atoms with Crippen LogP contribution in [-0.4, -0.2) is 19.6 Å². The highest BCUT2D eigenvalue weighted by atomic mass is 79.9. The zero-order valence-electron chi connectivity index (χ0n) is 14.5. The Morgan fingerprint density at radius 1 is 1.14 bits per heavy atom. The van der Waals surface area contributed by atoms with Gasteiger partial charge in [-0.25, -0.2) is 0 Å². The van der Waals surface area contributed by atoms with Gasteiger partial charge in [-0.15, -0.1) is 0 Å². The van der Waals surface area contributed by atoms with Crippen molar-refractivity contribution in [2.75, 3.05) is 0 Å². The molecular weight excluding hydrogens is 450 g/mol. The van der Waals surface area contributed by atoms with Crippen molar-refractivity contribution in [1.82, 2.24) is 4.83 Å². The van der Waals surface area contributed by atoms with Crippen LogP contribution in [0.1, 0.15) is 11.3 Å². The number of nitro groups is 1. The first kappa shape index (κ1) is 19.8. The van der Waals surface area contributed by atoms with Crippen molar-refractivity contribution < 1.29 is 17.8 Å². The van der Waals surface area contributed by atoms with Gasteiger partial charge in [0.2, 0.25) is 0 Å². The predicted molar refractivity (Wildman–Crippen MR) is 108 cm³/mol. The van der Waals surface area contributed by atoms with E-state index in [0.717, 1.165) is 5.56 Å². The molecule has 0 aliphatic rings. The molecule has 3 aromatic rings. The molecule has 0 saturated heterocycles. The molecule has 0 amide bonds. The molecule has 3 rings (SSSR count). The Labute approximate surface area is 169 Å². The topological polar surface area (TPSA) is 115 Å². The first-order valence-corrected chi connectivity index (χ1v) is 10.2. The van der Waals surface area contributed by atoms with Gasteiger partial charge in [0, 0.05) is 22.2 Å². The third kappa shape index (κ3) is 4.46. The Kier molecular flexibility index (Phi) is 5.61. The minimum Gasteiger partial charge on any atom is -0.455 e. The summed E-state index contributed by atoms with van der Waals surface area (Å²) < 4.78 is 30.5. The van der Waals surface area contributed by atoms with Gasteiger partial charge in [0.05, 0.1) is 16.0 Å². The Morgan fingerprint density at radius 3 is 2.50 bits per heavy atom. The monoisotopic (exact) mass is 463 g/mol. The molecule has 144 valence electrons. The predicted octanol–water partition coefficient (Wildman–Crippen LogP) is 4.24. The van der Waals surface area contributed by atoms with Gasteiger partial charge in [-0.3, -0.25) is 10.1 Å². The van der Waals surface area contributed by atoms with Crippen LogP contribution in [0.15, 0.2) is 73.5 Å². The van der Waals surface area contributed by atoms with Crippen molar-refractivity contribution in [2.24, 2.45) is 5.10 Å². The van der Waals surface area contributed by atoms with Crippen LogP contribution in [-0.2, 0) is 10.0 Å². The maximum atomic E-state index is 12.2. The number of hydrogen-bond acceptors (Lipinski definition) is 6. The van der Waals surface area contributed by atoms with E-state index in [-0.39, 0.29) is 10.6 Å². The molecule has 0 saturated carbocycles. The summed E-state index contributed by atoms with van der Waals surface area (Å²) in [6.45, 7) is 1.86. The number of nitro benzene ring substituents is 1. The number of halogens is 1. The fourth-order valence-electron chi connectivity index (χ4n) is 2.31. The molecule has 8 nitrogen and oxygen atoms in total. The molecule has 2 aromatic carbocycles. The van der Waals surface area contributed by atoms with E-state index < -0.39 is 14.9 Å². The number of nitrogens with one attached hydrogen (secondary N) is 1. The standard InChI is InChI=1S/C18H14BrN3O5S/c1-12-2-6-15(7-3-12)28(25,26)21-20-11-14-5-9-18(27-14)16-8-4-13(22(23)24)10-17(16)19/h2-11,21H,1H3/b20-11-. The van der Waals surface area contributed by atoms with Crippen molar-refractivity contribution >= 4 is 37.9 Å². The molecule has 0 aliphatic heterocycles. The van der Waals surface area contributed by atoms with Crippen LogP contribution in [0.4, 0.5) is 5.69 Å². The fourth-order valence-corrected chi connectivity index (χ4v) is 3.67. The number of hydrazone groups is 1. The molecule has 0 radical (unpaired) electrons. The number of rotatable bonds is 6. The van der Waals surface area contributed by atoms with Crippen molar-refractivity contribution in [2.45, 2.75) is 11.8 Å². The molecule has 28 heavy (non-hydrogen) atoms. The normalized spacial score (nSPS) is 11.6. The van der Waals surface area contributed by atoms with E-state index in [1.54, 1.807) is 30.3 Å². The third-order valence-electron chi connectivity index (χ3n) is 3.75. The average molecular weight is 464 g/mol. The van der Waals surface area contributed by atoms with E-state index in [2.05, 4.69) is 25.9 Å². The van der Waals surface area contributed by atoms with Gasteiger partial charge in [0.1, 0.15) is 11.5 Å². The quantitative estimate of drug-likeness (QED) is 0.333. The number of benzene rings is 2. The summed E-state index contributed by atoms with van der Waals surface area (Å²) in [7, 11) is -3.77. The smallest absolute Gasteiger partial charge is 0.276 e. The van der Waals surface area contributed by atoms with Crippen molar-refractivity contribution in [1.29, 1.82) is 0 Å². The van der Waals surface area contributed by atoms with Gasteiger partial charge in [0.25, 0.3) is 15.7 Å². The summed E-state index contributed by atoms with van der Waals surface area (Å²) in [6, 6.07) is 13.9. The highest BCUT2D eigenvalue weighted by Gasteiger charge is 2.14.